The van der Waals surface area contributed by atoms with Crippen LogP contribution in [-0.4, -0.2) is 23.1 Å². The molecule has 3 aromatic rings. The number of hydrogen-bond donors (Lipinski definition) is 1. The molecule has 24 heavy (non-hydrogen) atoms. The van der Waals surface area contributed by atoms with Crippen molar-refractivity contribution >= 4 is 28.7 Å². The van der Waals surface area contributed by atoms with Crippen molar-refractivity contribution in [2.75, 3.05) is 5.32 Å². The molecule has 1 N–H and O–H groups in total. The number of esters is 1. The van der Waals surface area contributed by atoms with E-state index in [0.717, 1.165) is 5.39 Å². The summed E-state index contributed by atoms with van der Waals surface area (Å²) >= 11 is 0. The molecule has 0 spiro atoms. The van der Waals surface area contributed by atoms with Gasteiger partial charge in [-0.15, -0.1) is 0 Å². The Labute approximate surface area is 137 Å². The highest BCUT2D eigenvalue weighted by Crippen LogP contribution is 2.25. The average molecular weight is 328 g/mol. The number of aromatic nitrogens is 1. The van der Waals surface area contributed by atoms with Gasteiger partial charge in [-0.25, -0.2) is 4.79 Å². The van der Waals surface area contributed by atoms with Gasteiger partial charge in [0.1, 0.15) is 11.3 Å². The molecule has 1 aromatic carbocycles. The molecule has 124 valence electrons. The first-order chi connectivity index (χ1) is 11.5. The third-order valence-corrected chi connectivity index (χ3v) is 3.56. The van der Waals surface area contributed by atoms with Crippen molar-refractivity contribution in [1.82, 2.24) is 5.16 Å². The third kappa shape index (κ3) is 3.01. The Hall–Kier alpha value is -3.09. The second kappa shape index (κ2) is 6.19. The van der Waals surface area contributed by atoms with Crippen LogP contribution in [0.15, 0.2) is 39.3 Å². The summed E-state index contributed by atoms with van der Waals surface area (Å²) in [4.78, 5) is 24.3. The van der Waals surface area contributed by atoms with Crippen LogP contribution < -0.4 is 5.32 Å². The van der Waals surface area contributed by atoms with E-state index < -0.39 is 18.0 Å². The van der Waals surface area contributed by atoms with E-state index in [9.17, 15) is 9.59 Å². The smallest absolute Gasteiger partial charge is 0.375 e. The Bertz CT molecular complexity index is 909. The summed E-state index contributed by atoms with van der Waals surface area (Å²) in [5.74, 6) is -0.283. The molecule has 0 aliphatic heterocycles. The average Bonchev–Trinajstić information content (AvgIpc) is 3.11. The Morgan fingerprint density at radius 1 is 1.25 bits per heavy atom. The van der Waals surface area contributed by atoms with Crippen LogP contribution in [0, 0.1) is 13.8 Å². The molecule has 0 unspecified atom stereocenters. The fourth-order valence-corrected chi connectivity index (χ4v) is 2.29. The zero-order valence-electron chi connectivity index (χ0n) is 13.5. The van der Waals surface area contributed by atoms with Crippen molar-refractivity contribution in [2.45, 2.75) is 26.9 Å². The highest BCUT2D eigenvalue weighted by atomic mass is 16.6. The number of amides is 1. The van der Waals surface area contributed by atoms with E-state index in [4.69, 9.17) is 13.7 Å². The Kier molecular flexibility index (Phi) is 4.07. The summed E-state index contributed by atoms with van der Waals surface area (Å²) in [6.45, 7) is 4.94. The number of hydrogen-bond acceptors (Lipinski definition) is 6. The maximum atomic E-state index is 12.3. The van der Waals surface area contributed by atoms with Crippen LogP contribution in [0.5, 0.6) is 0 Å². The second-order valence-electron chi connectivity index (χ2n) is 5.41. The minimum absolute atomic E-state index is 0.0909. The molecule has 2 aromatic heterocycles. The quantitative estimate of drug-likeness (QED) is 0.739. The number of nitrogens with one attached hydrogen (secondary N) is 1. The van der Waals surface area contributed by atoms with Crippen molar-refractivity contribution in [3.8, 4) is 0 Å². The lowest BCUT2D eigenvalue weighted by Gasteiger charge is -2.11. The van der Waals surface area contributed by atoms with Crippen LogP contribution in [0.1, 0.15) is 28.8 Å². The van der Waals surface area contributed by atoms with Crippen molar-refractivity contribution in [3.05, 3.63) is 47.4 Å². The monoisotopic (exact) mass is 328 g/mol. The minimum atomic E-state index is -1.01. The van der Waals surface area contributed by atoms with Gasteiger partial charge in [0.25, 0.3) is 5.91 Å². The minimum Gasteiger partial charge on any atom is -0.449 e. The fourth-order valence-electron chi connectivity index (χ4n) is 2.29. The lowest BCUT2D eigenvalue weighted by atomic mass is 10.1. The van der Waals surface area contributed by atoms with Crippen LogP contribution in [0.4, 0.5) is 5.82 Å². The fraction of sp³-hybridized carbons (Fsp3) is 0.235. The molecule has 7 heteroatoms. The largest absolute Gasteiger partial charge is 0.449 e. The summed E-state index contributed by atoms with van der Waals surface area (Å²) in [7, 11) is 0. The van der Waals surface area contributed by atoms with Gasteiger partial charge < -0.3 is 19.0 Å². The molecule has 2 heterocycles. The van der Waals surface area contributed by atoms with E-state index >= 15 is 0 Å². The predicted octanol–water partition coefficient (Wildman–Crippen LogP) is 3.22. The molecule has 3 rings (SSSR count). The first-order valence-corrected chi connectivity index (χ1v) is 7.39. The highest BCUT2D eigenvalue weighted by molar-refractivity contribution is 5.99. The van der Waals surface area contributed by atoms with Gasteiger partial charge in [0, 0.05) is 17.0 Å². The van der Waals surface area contributed by atoms with Gasteiger partial charge in [-0.1, -0.05) is 23.4 Å². The van der Waals surface area contributed by atoms with Crippen molar-refractivity contribution in [2.24, 2.45) is 0 Å². The summed E-state index contributed by atoms with van der Waals surface area (Å²) in [6.07, 6.45) is -1.01. The van der Waals surface area contributed by atoms with E-state index in [0.29, 0.717) is 16.9 Å². The van der Waals surface area contributed by atoms with Crippen molar-refractivity contribution in [1.29, 1.82) is 0 Å². The van der Waals surface area contributed by atoms with Gasteiger partial charge in [0.15, 0.2) is 11.9 Å². The number of anilines is 1. The second-order valence-corrected chi connectivity index (χ2v) is 5.41. The van der Waals surface area contributed by atoms with E-state index in [1.165, 1.54) is 6.92 Å². The number of rotatable bonds is 4. The number of ether oxygens (including phenoxy) is 1. The molecule has 0 saturated heterocycles. The molecule has 1 atom stereocenters. The number of carbonyl (C=O) groups is 2. The zero-order chi connectivity index (χ0) is 17.3. The summed E-state index contributed by atoms with van der Waals surface area (Å²) in [6, 6.07) is 8.86. The first kappa shape index (κ1) is 15.8. The SMILES string of the molecule is Cc1cc(NC(=O)[C@H](C)OC(=O)c2oc3ccccc3c2C)no1. The number of fused-ring (bicyclic) bond motifs is 1. The van der Waals surface area contributed by atoms with Crippen LogP contribution in [0.2, 0.25) is 0 Å². The van der Waals surface area contributed by atoms with E-state index in [2.05, 4.69) is 10.5 Å². The van der Waals surface area contributed by atoms with Crippen LogP contribution in [-0.2, 0) is 9.53 Å². The van der Waals surface area contributed by atoms with Gasteiger partial charge in [-0.2, -0.15) is 0 Å². The van der Waals surface area contributed by atoms with Gasteiger partial charge in [-0.3, -0.25) is 4.79 Å². The molecule has 1 amide bonds. The van der Waals surface area contributed by atoms with Crippen molar-refractivity contribution in [3.63, 3.8) is 0 Å². The maximum Gasteiger partial charge on any atom is 0.375 e. The standard InChI is InChI=1S/C17H16N2O5/c1-9-8-14(19-24-9)18-16(20)11(3)22-17(21)15-10(2)12-6-4-5-7-13(12)23-15/h4-8,11H,1-3H3,(H,18,19,20)/t11-/m0/s1. The topological polar surface area (TPSA) is 94.6 Å². The molecule has 0 aliphatic rings. The zero-order valence-corrected chi connectivity index (χ0v) is 13.5. The summed E-state index contributed by atoms with van der Waals surface area (Å²) in [5.41, 5.74) is 1.27. The number of benzene rings is 1. The van der Waals surface area contributed by atoms with Crippen molar-refractivity contribution < 1.29 is 23.3 Å². The van der Waals surface area contributed by atoms with E-state index in [-0.39, 0.29) is 11.6 Å². The number of aryl methyl sites for hydroxylation is 2. The van der Waals surface area contributed by atoms with Gasteiger partial charge in [-0.05, 0) is 26.8 Å². The molecule has 7 nitrogen and oxygen atoms in total. The van der Waals surface area contributed by atoms with Crippen LogP contribution >= 0.6 is 0 Å². The lowest BCUT2D eigenvalue weighted by Crippen LogP contribution is -2.30. The number of furan rings is 1. The first-order valence-electron chi connectivity index (χ1n) is 7.39. The lowest BCUT2D eigenvalue weighted by molar-refractivity contribution is -0.123. The third-order valence-electron chi connectivity index (χ3n) is 3.56. The molecule has 0 aliphatic carbocycles. The maximum absolute atomic E-state index is 12.3. The normalized spacial score (nSPS) is 12.1. The molecule has 0 fully saturated rings. The predicted molar refractivity (Wildman–Crippen MR) is 85.7 cm³/mol. The number of carbonyl (C=O) groups excluding carboxylic acids is 2. The Morgan fingerprint density at radius 2 is 2.00 bits per heavy atom. The number of nitrogens with zero attached hydrogens (tertiary/aromatic N) is 1. The Morgan fingerprint density at radius 3 is 2.67 bits per heavy atom. The van der Waals surface area contributed by atoms with Gasteiger partial charge in [0.2, 0.25) is 5.76 Å². The number of para-hydroxylation sites is 1. The van der Waals surface area contributed by atoms with Crippen LogP contribution in [0.3, 0.4) is 0 Å². The van der Waals surface area contributed by atoms with Gasteiger partial charge in [0.05, 0.1) is 0 Å². The summed E-state index contributed by atoms with van der Waals surface area (Å²) < 4.78 is 15.6. The van der Waals surface area contributed by atoms with E-state index in [1.54, 1.807) is 26.0 Å². The van der Waals surface area contributed by atoms with Crippen LogP contribution in [0.25, 0.3) is 11.0 Å². The molecular formula is C17H16N2O5. The summed E-state index contributed by atoms with van der Waals surface area (Å²) in [5, 5.41) is 6.99. The Balaban J connectivity index is 1.71. The molecule has 0 radical (unpaired) electrons. The molecule has 0 saturated carbocycles. The van der Waals surface area contributed by atoms with E-state index in [1.807, 2.05) is 18.2 Å². The highest BCUT2D eigenvalue weighted by Gasteiger charge is 2.24. The molecule has 0 bridgehead atoms. The van der Waals surface area contributed by atoms with Gasteiger partial charge >= 0.3 is 5.97 Å². The molecular weight excluding hydrogens is 312 g/mol.